The average molecular weight is 219 g/mol. The van der Waals surface area contributed by atoms with E-state index in [0.29, 0.717) is 12.1 Å². The molecule has 1 rings (SSSR count). The van der Waals surface area contributed by atoms with Crippen molar-refractivity contribution in [2.45, 2.75) is 59.0 Å². The van der Waals surface area contributed by atoms with E-state index in [1.165, 1.54) is 24.0 Å². The van der Waals surface area contributed by atoms with E-state index in [2.05, 4.69) is 57.3 Å². The van der Waals surface area contributed by atoms with Crippen molar-refractivity contribution in [3.8, 4) is 0 Å². The molecule has 0 bridgehead atoms. The predicted octanol–water partition coefficient (Wildman–Crippen LogP) is 3.57. The lowest BCUT2D eigenvalue weighted by Gasteiger charge is -2.16. The Balaban J connectivity index is 2.48. The molecule has 1 nitrogen and oxygen atoms in total. The topological polar surface area (TPSA) is 12.0 Å². The molecule has 0 heterocycles. The minimum absolute atomic E-state index is 0.553. The van der Waals surface area contributed by atoms with E-state index < -0.39 is 0 Å². The van der Waals surface area contributed by atoms with Crippen molar-refractivity contribution in [3.63, 3.8) is 0 Å². The Bertz CT molecular complexity index is 287. The van der Waals surface area contributed by atoms with Crippen molar-refractivity contribution in [3.05, 3.63) is 35.4 Å². The maximum absolute atomic E-state index is 3.53. The van der Waals surface area contributed by atoms with Crippen LogP contribution in [0.2, 0.25) is 0 Å². The molecule has 0 aliphatic rings. The van der Waals surface area contributed by atoms with Gasteiger partial charge in [-0.3, -0.25) is 0 Å². The lowest BCUT2D eigenvalue weighted by molar-refractivity contribution is 0.487. The van der Waals surface area contributed by atoms with Crippen molar-refractivity contribution in [1.29, 1.82) is 0 Å². The summed E-state index contributed by atoms with van der Waals surface area (Å²) >= 11 is 0. The van der Waals surface area contributed by atoms with Crippen molar-refractivity contribution in [2.24, 2.45) is 0 Å². The molecule has 0 aliphatic heterocycles. The molecule has 0 aromatic heterocycles. The van der Waals surface area contributed by atoms with Crippen LogP contribution in [0.1, 0.15) is 45.2 Å². The monoisotopic (exact) mass is 219 g/mol. The fourth-order valence-electron chi connectivity index (χ4n) is 2.11. The Labute approximate surface area is 100 Å². The van der Waals surface area contributed by atoms with Crippen LogP contribution >= 0.6 is 0 Å². The van der Waals surface area contributed by atoms with E-state index in [-0.39, 0.29) is 0 Å². The summed E-state index contributed by atoms with van der Waals surface area (Å²) < 4.78 is 0. The Morgan fingerprint density at radius 3 is 2.06 bits per heavy atom. The third-order valence-corrected chi connectivity index (χ3v) is 2.72. The van der Waals surface area contributed by atoms with Crippen molar-refractivity contribution >= 4 is 0 Å². The summed E-state index contributed by atoms with van der Waals surface area (Å²) in [6.07, 6.45) is 3.54. The maximum atomic E-state index is 3.53. The highest BCUT2D eigenvalue weighted by Gasteiger charge is 2.04. The molecule has 1 N–H and O–H groups in total. The second kappa shape index (κ2) is 6.70. The van der Waals surface area contributed by atoms with E-state index in [0.717, 1.165) is 6.42 Å². The van der Waals surface area contributed by atoms with Gasteiger partial charge in [-0.25, -0.2) is 0 Å². The second-order valence-corrected chi connectivity index (χ2v) is 4.99. The fraction of sp³-hybridized carbons (Fsp3) is 0.600. The summed E-state index contributed by atoms with van der Waals surface area (Å²) in [5.41, 5.74) is 2.89. The van der Waals surface area contributed by atoms with Gasteiger partial charge in [0.1, 0.15) is 0 Å². The molecule has 1 unspecified atom stereocenters. The Morgan fingerprint density at radius 2 is 1.56 bits per heavy atom. The number of aryl methyl sites for hydroxylation is 1. The molecule has 1 aromatic carbocycles. The first-order valence-electron chi connectivity index (χ1n) is 6.45. The lowest BCUT2D eigenvalue weighted by atomic mass is 10.0. The van der Waals surface area contributed by atoms with Gasteiger partial charge in [0.15, 0.2) is 0 Å². The van der Waals surface area contributed by atoms with Crippen LogP contribution in [0.5, 0.6) is 0 Å². The zero-order valence-corrected chi connectivity index (χ0v) is 11.1. The lowest BCUT2D eigenvalue weighted by Crippen LogP contribution is -2.33. The molecule has 90 valence electrons. The van der Waals surface area contributed by atoms with Crippen LogP contribution in [0.4, 0.5) is 0 Å². The molecule has 0 saturated carbocycles. The maximum Gasteiger partial charge on any atom is 0.00815 e. The van der Waals surface area contributed by atoms with E-state index in [9.17, 15) is 0 Å². The summed E-state index contributed by atoms with van der Waals surface area (Å²) in [6.45, 7) is 8.87. The molecule has 1 atom stereocenters. The summed E-state index contributed by atoms with van der Waals surface area (Å²) in [4.78, 5) is 0. The van der Waals surface area contributed by atoms with Crippen LogP contribution in [0.3, 0.4) is 0 Å². The van der Waals surface area contributed by atoms with Crippen molar-refractivity contribution < 1.29 is 0 Å². The quantitative estimate of drug-likeness (QED) is 0.771. The number of nitrogens with one attached hydrogen (secondary N) is 1. The normalized spacial score (nSPS) is 13.1. The van der Waals surface area contributed by atoms with E-state index in [4.69, 9.17) is 0 Å². The van der Waals surface area contributed by atoms with Crippen LogP contribution in [0, 0.1) is 0 Å². The predicted molar refractivity (Wildman–Crippen MR) is 71.9 cm³/mol. The standard InChI is InChI=1S/C15H25N/c1-5-6-14-7-9-15(10-8-14)11-13(4)16-12(2)3/h7-10,12-13,16H,5-6,11H2,1-4H3. The molecule has 0 amide bonds. The molecule has 1 heteroatoms. The van der Waals surface area contributed by atoms with Crippen LogP contribution in [0.15, 0.2) is 24.3 Å². The van der Waals surface area contributed by atoms with Gasteiger partial charge in [0, 0.05) is 12.1 Å². The smallest absolute Gasteiger partial charge is 0.00815 e. The number of hydrogen-bond acceptors (Lipinski definition) is 1. The zero-order valence-electron chi connectivity index (χ0n) is 11.1. The Morgan fingerprint density at radius 1 is 1.00 bits per heavy atom. The minimum Gasteiger partial charge on any atom is -0.312 e. The highest BCUT2D eigenvalue weighted by Crippen LogP contribution is 2.09. The molecule has 0 saturated heterocycles. The highest BCUT2D eigenvalue weighted by molar-refractivity contribution is 5.23. The van der Waals surface area contributed by atoms with Crippen LogP contribution in [-0.2, 0) is 12.8 Å². The van der Waals surface area contributed by atoms with Crippen LogP contribution in [0.25, 0.3) is 0 Å². The summed E-state index contributed by atoms with van der Waals surface area (Å²) in [7, 11) is 0. The highest BCUT2D eigenvalue weighted by atomic mass is 14.9. The van der Waals surface area contributed by atoms with Gasteiger partial charge in [0.25, 0.3) is 0 Å². The summed E-state index contributed by atoms with van der Waals surface area (Å²) in [5, 5.41) is 3.53. The largest absolute Gasteiger partial charge is 0.312 e. The number of benzene rings is 1. The molecular weight excluding hydrogens is 194 g/mol. The van der Waals surface area contributed by atoms with E-state index in [1.54, 1.807) is 0 Å². The van der Waals surface area contributed by atoms with Gasteiger partial charge in [-0.05, 0) is 30.9 Å². The Kier molecular flexibility index (Phi) is 5.54. The molecule has 16 heavy (non-hydrogen) atoms. The zero-order chi connectivity index (χ0) is 12.0. The van der Waals surface area contributed by atoms with E-state index >= 15 is 0 Å². The van der Waals surface area contributed by atoms with Gasteiger partial charge < -0.3 is 5.32 Å². The molecule has 0 radical (unpaired) electrons. The van der Waals surface area contributed by atoms with Crippen molar-refractivity contribution in [1.82, 2.24) is 5.32 Å². The van der Waals surface area contributed by atoms with E-state index in [1.807, 2.05) is 0 Å². The first kappa shape index (κ1) is 13.2. The van der Waals surface area contributed by atoms with Crippen molar-refractivity contribution in [2.75, 3.05) is 0 Å². The van der Waals surface area contributed by atoms with Gasteiger partial charge in [-0.1, -0.05) is 51.5 Å². The van der Waals surface area contributed by atoms with Gasteiger partial charge in [0.05, 0.1) is 0 Å². The second-order valence-electron chi connectivity index (χ2n) is 4.99. The molecule has 0 spiro atoms. The number of rotatable bonds is 6. The Hall–Kier alpha value is -0.820. The van der Waals surface area contributed by atoms with Gasteiger partial charge in [-0.15, -0.1) is 0 Å². The summed E-state index contributed by atoms with van der Waals surface area (Å²) in [5.74, 6) is 0. The number of hydrogen-bond donors (Lipinski definition) is 1. The molecular formula is C15H25N. The first-order chi connectivity index (χ1) is 7.61. The van der Waals surface area contributed by atoms with Gasteiger partial charge in [-0.2, -0.15) is 0 Å². The molecule has 1 aromatic rings. The third-order valence-electron chi connectivity index (χ3n) is 2.72. The summed E-state index contributed by atoms with van der Waals surface area (Å²) in [6, 6.07) is 10.2. The minimum atomic E-state index is 0.553. The van der Waals surface area contributed by atoms with Gasteiger partial charge in [0.2, 0.25) is 0 Å². The third kappa shape index (κ3) is 4.80. The first-order valence-corrected chi connectivity index (χ1v) is 6.45. The fourth-order valence-corrected chi connectivity index (χ4v) is 2.11. The van der Waals surface area contributed by atoms with Crippen LogP contribution in [-0.4, -0.2) is 12.1 Å². The molecule has 0 aliphatic carbocycles. The average Bonchev–Trinajstić information content (AvgIpc) is 2.20. The SMILES string of the molecule is CCCc1ccc(CC(C)NC(C)C)cc1. The van der Waals surface area contributed by atoms with Crippen LogP contribution < -0.4 is 5.32 Å². The van der Waals surface area contributed by atoms with Gasteiger partial charge >= 0.3 is 0 Å². The molecule has 0 fully saturated rings.